The van der Waals surface area contributed by atoms with Gasteiger partial charge >= 0.3 is 6.18 Å². The summed E-state index contributed by atoms with van der Waals surface area (Å²) in [6, 6.07) is 11.5. The van der Waals surface area contributed by atoms with E-state index in [1.165, 1.54) is 50.6 Å². The topological polar surface area (TPSA) is 62.6 Å². The molecule has 1 amide bonds. The van der Waals surface area contributed by atoms with E-state index in [9.17, 15) is 18.0 Å². The van der Waals surface area contributed by atoms with Crippen molar-refractivity contribution >= 4 is 5.91 Å². The third-order valence-corrected chi connectivity index (χ3v) is 3.80. The molecule has 2 aromatic carbocycles. The van der Waals surface area contributed by atoms with Crippen molar-refractivity contribution in [2.75, 3.05) is 20.8 Å². The highest BCUT2D eigenvalue weighted by Gasteiger charge is 2.33. The number of nitriles is 1. The minimum absolute atomic E-state index is 0.00296. The third-order valence-electron chi connectivity index (χ3n) is 3.80. The number of hydrogen-bond acceptors (Lipinski definition) is 4. The van der Waals surface area contributed by atoms with Crippen LogP contribution in [0.5, 0.6) is 11.5 Å². The van der Waals surface area contributed by atoms with Crippen LogP contribution in [0.4, 0.5) is 13.2 Å². The molecule has 0 radical (unpaired) electrons. The normalized spacial score (nSPS) is 10.8. The lowest BCUT2D eigenvalue weighted by Crippen LogP contribution is -2.31. The van der Waals surface area contributed by atoms with Crippen molar-refractivity contribution in [2.24, 2.45) is 0 Å². The minimum Gasteiger partial charge on any atom is -0.493 e. The van der Waals surface area contributed by atoms with Crippen LogP contribution < -0.4 is 9.47 Å². The number of benzene rings is 2. The second-order valence-corrected chi connectivity index (χ2v) is 5.67. The number of hydrogen-bond donors (Lipinski definition) is 0. The summed E-state index contributed by atoms with van der Waals surface area (Å²) in [5, 5.41) is 8.87. The molecule has 5 nitrogen and oxygen atoms in total. The van der Waals surface area contributed by atoms with Gasteiger partial charge in [0.05, 0.1) is 24.3 Å². The van der Waals surface area contributed by atoms with Crippen LogP contribution in [-0.2, 0) is 17.5 Å². The summed E-state index contributed by atoms with van der Waals surface area (Å²) in [6.07, 6.45) is -4.49. The van der Waals surface area contributed by atoms with Crippen LogP contribution in [0.15, 0.2) is 42.5 Å². The lowest BCUT2D eigenvalue weighted by Gasteiger charge is -2.20. The van der Waals surface area contributed by atoms with Crippen LogP contribution >= 0.6 is 0 Å². The van der Waals surface area contributed by atoms with Crippen LogP contribution in [0, 0.1) is 11.3 Å². The molecule has 0 atom stereocenters. The number of ether oxygens (including phenoxy) is 2. The van der Waals surface area contributed by atoms with Crippen molar-refractivity contribution in [3.63, 3.8) is 0 Å². The number of halogens is 3. The molecule has 0 aliphatic rings. The lowest BCUT2D eigenvalue weighted by atomic mass is 10.1. The highest BCUT2D eigenvalue weighted by Crippen LogP contribution is 2.32. The zero-order chi connectivity index (χ0) is 20.0. The largest absolute Gasteiger partial charge is 0.493 e. The molecular formula is C19H17F3N2O3. The molecule has 0 aliphatic carbocycles. The van der Waals surface area contributed by atoms with E-state index in [1.807, 2.05) is 6.07 Å². The zero-order valence-corrected chi connectivity index (χ0v) is 14.7. The average molecular weight is 378 g/mol. The van der Waals surface area contributed by atoms with Gasteiger partial charge in [0.15, 0.2) is 18.1 Å². The Bertz CT molecular complexity index is 860. The van der Waals surface area contributed by atoms with E-state index >= 15 is 0 Å². The van der Waals surface area contributed by atoms with Gasteiger partial charge in [-0.3, -0.25) is 4.79 Å². The van der Waals surface area contributed by atoms with Gasteiger partial charge in [0, 0.05) is 19.7 Å². The fourth-order valence-corrected chi connectivity index (χ4v) is 2.38. The van der Waals surface area contributed by atoms with E-state index < -0.39 is 17.6 Å². The van der Waals surface area contributed by atoms with Crippen molar-refractivity contribution in [3.05, 3.63) is 59.2 Å². The van der Waals surface area contributed by atoms with Crippen LogP contribution in [0.1, 0.15) is 16.7 Å². The molecule has 0 bridgehead atoms. The van der Waals surface area contributed by atoms with Crippen LogP contribution in [0.3, 0.4) is 0 Å². The van der Waals surface area contributed by atoms with Crippen LogP contribution in [0.2, 0.25) is 0 Å². The molecule has 2 aromatic rings. The molecule has 0 unspecified atom stereocenters. The van der Waals surface area contributed by atoms with Gasteiger partial charge < -0.3 is 14.4 Å². The first kappa shape index (κ1) is 20.1. The number of methoxy groups -OCH3 is 1. The second kappa shape index (κ2) is 8.45. The maximum atomic E-state index is 13.0. The highest BCUT2D eigenvalue weighted by molar-refractivity contribution is 5.77. The molecule has 0 fully saturated rings. The van der Waals surface area contributed by atoms with Gasteiger partial charge in [0.1, 0.15) is 0 Å². The number of nitrogens with zero attached hydrogens (tertiary/aromatic N) is 2. The van der Waals surface area contributed by atoms with E-state index in [1.54, 1.807) is 0 Å². The Morgan fingerprint density at radius 2 is 1.89 bits per heavy atom. The predicted octanol–water partition coefficient (Wildman–Crippen LogP) is 3.62. The molecule has 0 aliphatic heterocycles. The molecule has 8 heteroatoms. The van der Waals surface area contributed by atoms with Crippen LogP contribution in [0.25, 0.3) is 0 Å². The second-order valence-electron chi connectivity index (χ2n) is 5.67. The average Bonchev–Trinajstić information content (AvgIpc) is 2.65. The summed E-state index contributed by atoms with van der Waals surface area (Å²) < 4.78 is 49.7. The fourth-order valence-electron chi connectivity index (χ4n) is 2.38. The quantitative estimate of drug-likeness (QED) is 0.770. The maximum Gasteiger partial charge on any atom is 0.416 e. The van der Waals surface area contributed by atoms with E-state index in [0.717, 1.165) is 11.0 Å². The number of carbonyl (C=O) groups is 1. The summed E-state index contributed by atoms with van der Waals surface area (Å²) in [5.41, 5.74) is -0.414. The highest BCUT2D eigenvalue weighted by atomic mass is 19.4. The molecule has 0 N–H and O–H groups in total. The number of carbonyl (C=O) groups excluding carboxylic acids is 1. The molecule has 2 rings (SSSR count). The molecule has 0 aromatic heterocycles. The van der Waals surface area contributed by atoms with Crippen molar-refractivity contribution in [2.45, 2.75) is 12.7 Å². The number of likely N-dealkylation sites (N-methyl/N-ethyl adjacent to an activating group) is 1. The first-order valence-electron chi connectivity index (χ1n) is 7.86. The smallest absolute Gasteiger partial charge is 0.416 e. The summed E-state index contributed by atoms with van der Waals surface area (Å²) in [5.74, 6) is 0.0410. The van der Waals surface area contributed by atoms with E-state index in [4.69, 9.17) is 14.7 Å². The van der Waals surface area contributed by atoms with Crippen molar-refractivity contribution in [1.82, 2.24) is 4.90 Å². The van der Waals surface area contributed by atoms with E-state index in [0.29, 0.717) is 5.56 Å². The van der Waals surface area contributed by atoms with Gasteiger partial charge in [-0.25, -0.2) is 0 Å². The first-order chi connectivity index (χ1) is 12.8. The molecule has 0 spiro atoms. The summed E-state index contributed by atoms with van der Waals surface area (Å²) >= 11 is 0. The molecular weight excluding hydrogens is 361 g/mol. The van der Waals surface area contributed by atoms with Crippen LogP contribution in [-0.4, -0.2) is 31.6 Å². The Balaban J connectivity index is 2.05. The summed E-state index contributed by atoms with van der Waals surface area (Å²) in [4.78, 5) is 13.4. The third kappa shape index (κ3) is 5.14. The van der Waals surface area contributed by atoms with Crippen molar-refractivity contribution < 1.29 is 27.4 Å². The molecule has 0 saturated heterocycles. The maximum absolute atomic E-state index is 13.0. The van der Waals surface area contributed by atoms with Crippen molar-refractivity contribution in [3.8, 4) is 17.6 Å². The first-order valence-corrected chi connectivity index (χ1v) is 7.86. The van der Waals surface area contributed by atoms with Gasteiger partial charge in [-0.05, 0) is 23.8 Å². The molecule has 0 heterocycles. The molecule has 142 valence electrons. The monoisotopic (exact) mass is 378 g/mol. The number of alkyl halides is 3. The number of rotatable bonds is 6. The Labute approximate surface area is 154 Å². The molecule has 0 saturated carbocycles. The SMILES string of the molecule is COc1cc(C#N)ccc1OCC(=O)N(C)Cc1ccccc1C(F)(F)F. The van der Waals surface area contributed by atoms with Crippen molar-refractivity contribution in [1.29, 1.82) is 5.26 Å². The van der Waals surface area contributed by atoms with Gasteiger partial charge in [-0.15, -0.1) is 0 Å². The Kier molecular flexibility index (Phi) is 6.29. The van der Waals surface area contributed by atoms with Gasteiger partial charge in [-0.2, -0.15) is 18.4 Å². The fraction of sp³-hybridized carbons (Fsp3) is 0.263. The van der Waals surface area contributed by atoms with E-state index in [2.05, 4.69) is 0 Å². The summed E-state index contributed by atoms with van der Waals surface area (Å²) in [6.45, 7) is -0.588. The lowest BCUT2D eigenvalue weighted by molar-refractivity contribution is -0.140. The minimum atomic E-state index is -4.49. The summed E-state index contributed by atoms with van der Waals surface area (Å²) in [7, 11) is 2.79. The Morgan fingerprint density at radius 1 is 1.19 bits per heavy atom. The Hall–Kier alpha value is -3.21. The van der Waals surface area contributed by atoms with Gasteiger partial charge in [0.2, 0.25) is 0 Å². The number of amides is 1. The van der Waals surface area contributed by atoms with Gasteiger partial charge in [-0.1, -0.05) is 18.2 Å². The van der Waals surface area contributed by atoms with Gasteiger partial charge in [0.25, 0.3) is 5.91 Å². The zero-order valence-electron chi connectivity index (χ0n) is 14.7. The standard InChI is InChI=1S/C19H17F3N2O3/c1-24(11-14-5-3-4-6-15(14)19(20,21)22)18(25)12-27-16-8-7-13(10-23)9-17(16)26-2/h3-9H,11-12H2,1-2H3. The van der Waals surface area contributed by atoms with E-state index in [-0.39, 0.29) is 30.2 Å². The molecule has 27 heavy (non-hydrogen) atoms. The predicted molar refractivity (Wildman–Crippen MR) is 91.1 cm³/mol. The Morgan fingerprint density at radius 3 is 2.52 bits per heavy atom.